The summed E-state index contributed by atoms with van der Waals surface area (Å²) >= 11 is 3.05. The van der Waals surface area contributed by atoms with Crippen LogP contribution in [-0.2, 0) is 23.1 Å². The van der Waals surface area contributed by atoms with Gasteiger partial charge in [-0.15, -0.1) is 0 Å². The van der Waals surface area contributed by atoms with Gasteiger partial charge in [0.25, 0.3) is 0 Å². The standard InChI is InChI=1S/C10H11BrN2O4S/c11-10-9(4-8(5-12)17-10)18(14,15)13-6-7-2-1-3-16-7/h1-4,13H,5-6,12H2. The Labute approximate surface area is 112 Å². The molecule has 0 fully saturated rings. The summed E-state index contributed by atoms with van der Waals surface area (Å²) in [5.41, 5.74) is 5.38. The summed E-state index contributed by atoms with van der Waals surface area (Å²) in [6, 6.07) is 4.75. The summed E-state index contributed by atoms with van der Waals surface area (Å²) in [5, 5.41) is 0. The molecule has 2 rings (SSSR count). The van der Waals surface area contributed by atoms with Crippen molar-refractivity contribution in [2.75, 3.05) is 0 Å². The molecule has 3 N–H and O–H groups in total. The predicted molar refractivity (Wildman–Crippen MR) is 67.0 cm³/mol. The molecular formula is C10H11BrN2O4S. The lowest BCUT2D eigenvalue weighted by Crippen LogP contribution is -2.22. The van der Waals surface area contributed by atoms with Crippen molar-refractivity contribution >= 4 is 26.0 Å². The molecule has 0 aliphatic carbocycles. The maximum Gasteiger partial charge on any atom is 0.245 e. The van der Waals surface area contributed by atoms with Crippen molar-refractivity contribution in [2.45, 2.75) is 18.0 Å². The number of sulfonamides is 1. The number of hydrogen-bond donors (Lipinski definition) is 2. The maximum atomic E-state index is 12.0. The van der Waals surface area contributed by atoms with E-state index in [4.69, 9.17) is 14.6 Å². The molecule has 0 unspecified atom stereocenters. The minimum Gasteiger partial charge on any atom is -0.468 e. The van der Waals surface area contributed by atoms with E-state index in [0.717, 1.165) is 0 Å². The van der Waals surface area contributed by atoms with E-state index in [1.807, 2.05) is 0 Å². The van der Waals surface area contributed by atoms with Crippen LogP contribution < -0.4 is 10.5 Å². The van der Waals surface area contributed by atoms with Crippen LogP contribution in [0, 0.1) is 0 Å². The predicted octanol–water partition coefficient (Wildman–Crippen LogP) is 1.57. The van der Waals surface area contributed by atoms with Crippen molar-refractivity contribution in [1.82, 2.24) is 4.72 Å². The van der Waals surface area contributed by atoms with Crippen LogP contribution in [-0.4, -0.2) is 8.42 Å². The average molecular weight is 335 g/mol. The number of nitrogens with two attached hydrogens (primary N) is 1. The summed E-state index contributed by atoms with van der Waals surface area (Å²) in [6.45, 7) is 0.206. The summed E-state index contributed by atoms with van der Waals surface area (Å²) in [7, 11) is -3.66. The van der Waals surface area contributed by atoms with Gasteiger partial charge in [0.1, 0.15) is 16.4 Å². The Balaban J connectivity index is 2.17. The third-order valence-electron chi connectivity index (χ3n) is 2.21. The van der Waals surface area contributed by atoms with Crippen LogP contribution in [0.15, 0.2) is 42.9 Å². The van der Waals surface area contributed by atoms with E-state index in [0.29, 0.717) is 11.5 Å². The van der Waals surface area contributed by atoms with Gasteiger partial charge in [0, 0.05) is 6.07 Å². The number of nitrogens with one attached hydrogen (secondary N) is 1. The Morgan fingerprint density at radius 2 is 2.17 bits per heavy atom. The quantitative estimate of drug-likeness (QED) is 0.864. The van der Waals surface area contributed by atoms with Crippen LogP contribution in [0.25, 0.3) is 0 Å². The van der Waals surface area contributed by atoms with Gasteiger partial charge in [-0.3, -0.25) is 0 Å². The van der Waals surface area contributed by atoms with Gasteiger partial charge in [-0.1, -0.05) is 0 Å². The highest BCUT2D eigenvalue weighted by Crippen LogP contribution is 2.25. The van der Waals surface area contributed by atoms with Gasteiger partial charge < -0.3 is 14.6 Å². The van der Waals surface area contributed by atoms with E-state index in [9.17, 15) is 8.42 Å². The zero-order valence-electron chi connectivity index (χ0n) is 9.22. The fourth-order valence-electron chi connectivity index (χ4n) is 1.34. The highest BCUT2D eigenvalue weighted by atomic mass is 79.9. The molecule has 8 heteroatoms. The lowest BCUT2D eigenvalue weighted by Gasteiger charge is -2.02. The normalized spacial score (nSPS) is 11.9. The molecule has 6 nitrogen and oxygen atoms in total. The van der Waals surface area contributed by atoms with Crippen molar-refractivity contribution in [2.24, 2.45) is 5.73 Å². The first-order chi connectivity index (χ1) is 8.53. The second-order valence-electron chi connectivity index (χ2n) is 3.46. The minimum absolute atomic E-state index is 0.0227. The number of halogens is 1. The molecule has 0 saturated heterocycles. The van der Waals surface area contributed by atoms with E-state index in [1.54, 1.807) is 12.1 Å². The van der Waals surface area contributed by atoms with E-state index in [1.165, 1.54) is 12.3 Å². The summed E-state index contributed by atoms with van der Waals surface area (Å²) in [6.07, 6.45) is 1.48. The fourth-order valence-corrected chi connectivity index (χ4v) is 3.33. The van der Waals surface area contributed by atoms with Gasteiger partial charge in [0.2, 0.25) is 10.0 Å². The Morgan fingerprint density at radius 3 is 2.72 bits per heavy atom. The molecule has 0 aliphatic rings. The second-order valence-corrected chi connectivity index (χ2v) is 5.91. The molecule has 2 aromatic rings. The van der Waals surface area contributed by atoms with Crippen LogP contribution in [0.4, 0.5) is 0 Å². The summed E-state index contributed by atoms with van der Waals surface area (Å²) in [4.78, 5) is 0.0227. The molecule has 0 aliphatic heterocycles. The first kappa shape index (κ1) is 13.3. The zero-order chi connectivity index (χ0) is 13.2. The van der Waals surface area contributed by atoms with E-state index in [2.05, 4.69) is 20.7 Å². The molecule has 0 bridgehead atoms. The largest absolute Gasteiger partial charge is 0.468 e. The Bertz CT molecular complexity index is 618. The molecular weight excluding hydrogens is 324 g/mol. The van der Waals surface area contributed by atoms with Gasteiger partial charge in [0.15, 0.2) is 4.67 Å². The van der Waals surface area contributed by atoms with E-state index >= 15 is 0 Å². The van der Waals surface area contributed by atoms with Crippen molar-refractivity contribution in [3.8, 4) is 0 Å². The number of hydrogen-bond acceptors (Lipinski definition) is 5. The van der Waals surface area contributed by atoms with Crippen molar-refractivity contribution in [1.29, 1.82) is 0 Å². The Hall–Kier alpha value is -1.09. The first-order valence-electron chi connectivity index (χ1n) is 5.03. The van der Waals surface area contributed by atoms with Gasteiger partial charge in [-0.2, -0.15) is 0 Å². The van der Waals surface area contributed by atoms with E-state index < -0.39 is 10.0 Å². The monoisotopic (exact) mass is 334 g/mol. The molecule has 0 saturated carbocycles. The molecule has 0 atom stereocenters. The third-order valence-corrected chi connectivity index (χ3v) is 4.47. The average Bonchev–Trinajstić information content (AvgIpc) is 2.95. The van der Waals surface area contributed by atoms with Gasteiger partial charge in [0.05, 0.1) is 19.4 Å². The smallest absolute Gasteiger partial charge is 0.245 e. The van der Waals surface area contributed by atoms with Crippen LogP contribution in [0.3, 0.4) is 0 Å². The van der Waals surface area contributed by atoms with Crippen LogP contribution in [0.2, 0.25) is 0 Å². The number of furan rings is 2. The lowest BCUT2D eigenvalue weighted by molar-refractivity contribution is 0.481. The summed E-state index contributed by atoms with van der Waals surface area (Å²) in [5.74, 6) is 0.914. The zero-order valence-corrected chi connectivity index (χ0v) is 11.6. The topological polar surface area (TPSA) is 98.5 Å². The Kier molecular flexibility index (Phi) is 3.91. The van der Waals surface area contributed by atoms with Crippen LogP contribution in [0.5, 0.6) is 0 Å². The second kappa shape index (κ2) is 5.27. The van der Waals surface area contributed by atoms with Crippen molar-refractivity contribution < 1.29 is 17.3 Å². The third kappa shape index (κ3) is 2.83. The minimum atomic E-state index is -3.66. The molecule has 0 aromatic carbocycles. The molecule has 2 aromatic heterocycles. The molecule has 0 amide bonds. The lowest BCUT2D eigenvalue weighted by atomic mass is 10.5. The van der Waals surface area contributed by atoms with Gasteiger partial charge >= 0.3 is 0 Å². The number of rotatable bonds is 5. The van der Waals surface area contributed by atoms with Crippen LogP contribution >= 0.6 is 15.9 Å². The Morgan fingerprint density at radius 1 is 1.39 bits per heavy atom. The van der Waals surface area contributed by atoms with Gasteiger partial charge in [-0.25, -0.2) is 13.1 Å². The molecule has 0 spiro atoms. The molecule has 98 valence electrons. The van der Waals surface area contributed by atoms with Crippen LogP contribution in [0.1, 0.15) is 11.5 Å². The van der Waals surface area contributed by atoms with Crippen molar-refractivity contribution in [3.63, 3.8) is 0 Å². The highest BCUT2D eigenvalue weighted by Gasteiger charge is 2.22. The summed E-state index contributed by atoms with van der Waals surface area (Å²) < 4.78 is 36.7. The fraction of sp³-hybridized carbons (Fsp3) is 0.200. The first-order valence-corrected chi connectivity index (χ1v) is 7.31. The van der Waals surface area contributed by atoms with Gasteiger partial charge in [-0.05, 0) is 28.1 Å². The van der Waals surface area contributed by atoms with Crippen molar-refractivity contribution in [3.05, 3.63) is 40.7 Å². The molecule has 0 radical (unpaired) electrons. The SMILES string of the molecule is NCc1cc(S(=O)(=O)NCc2ccco2)c(Br)o1. The molecule has 2 heterocycles. The molecule has 18 heavy (non-hydrogen) atoms. The highest BCUT2D eigenvalue weighted by molar-refractivity contribution is 9.10. The van der Waals surface area contributed by atoms with E-state index in [-0.39, 0.29) is 22.7 Å². The maximum absolute atomic E-state index is 12.0.